The summed E-state index contributed by atoms with van der Waals surface area (Å²) in [5.41, 5.74) is -2.94. The lowest BCUT2D eigenvalue weighted by molar-refractivity contribution is -0.597. The Kier molecular flexibility index (Phi) is 31.1. The summed E-state index contributed by atoms with van der Waals surface area (Å²) in [6.45, 7) is -0.435. The van der Waals surface area contributed by atoms with Gasteiger partial charge in [0.15, 0.2) is 27.5 Å². The van der Waals surface area contributed by atoms with Crippen molar-refractivity contribution in [3.8, 4) is 0 Å². The van der Waals surface area contributed by atoms with E-state index in [2.05, 4.69) is 121 Å². The van der Waals surface area contributed by atoms with Crippen LogP contribution in [-0.2, 0) is 71.5 Å². The molecule has 583 valence electrons. The lowest BCUT2D eigenvalue weighted by atomic mass is 8.38. The third kappa shape index (κ3) is 22.4. The zero-order valence-electron chi connectivity index (χ0n) is 65.4. The van der Waals surface area contributed by atoms with E-state index in [1.807, 2.05) is 0 Å². The normalized spacial score (nSPS) is 31.3. The fourth-order valence-electron chi connectivity index (χ4n) is 21.5. The quantitative estimate of drug-likeness (QED) is 0.0167. The monoisotopic (exact) mass is 1810 g/mol. The molecule has 2 heterocycles. The number of rotatable bonds is 24. The van der Waals surface area contributed by atoms with E-state index in [0.717, 1.165) is 51.4 Å². The Morgan fingerprint density at radius 1 is 0.492 bits per heavy atom. The second-order valence-corrected chi connectivity index (χ2v) is 40.2. The first-order valence-electron chi connectivity index (χ1n) is 39.6. The molecule has 118 heavy (non-hydrogen) atoms. The Hall–Kier alpha value is -4.94. The number of carboxylic acid groups (broad SMARTS) is 1. The number of alkyl halides is 4. The highest BCUT2D eigenvalue weighted by Crippen LogP contribution is 2.62. The summed E-state index contributed by atoms with van der Waals surface area (Å²) in [6, 6.07) is 42.8. The van der Waals surface area contributed by atoms with E-state index < -0.39 is 213 Å². The summed E-state index contributed by atoms with van der Waals surface area (Å²) in [7, 11) is 64.8. The molecule has 46 heteroatoms. The number of benzene rings is 4. The first kappa shape index (κ1) is 93.8. The molecule has 2 aliphatic heterocycles. The number of hydrogen-bond acceptors (Lipinski definition) is 18. The predicted octanol–water partition coefficient (Wildman–Crippen LogP) is -5.78. The molecule has 12 aliphatic carbocycles. The van der Waals surface area contributed by atoms with Gasteiger partial charge >= 0.3 is 102 Å². The zero-order chi connectivity index (χ0) is 85.9. The van der Waals surface area contributed by atoms with Gasteiger partial charge in [0.25, 0.3) is 0 Å². The van der Waals surface area contributed by atoms with Gasteiger partial charge in [-0.3, -0.25) is 19.2 Å². The molecule has 14 aliphatic rings. The van der Waals surface area contributed by atoms with E-state index in [1.54, 1.807) is 0 Å². The summed E-state index contributed by atoms with van der Waals surface area (Å²) in [5, 5.41) is 39.4. The van der Waals surface area contributed by atoms with Gasteiger partial charge in [-0.15, -0.1) is 0 Å². The largest absolute Gasteiger partial charge is 0.477 e. The molecule has 14 fully saturated rings. The molecule has 12 bridgehead atoms. The smallest absolute Gasteiger partial charge is 0.377 e. The second-order valence-electron chi connectivity index (χ2n) is 34.1. The van der Waals surface area contributed by atoms with Gasteiger partial charge < -0.3 is 53.6 Å². The average Bonchev–Trinajstić information content (AvgIpc) is 1.46. The maximum absolute atomic E-state index is 13.4. The van der Waals surface area contributed by atoms with Gasteiger partial charge in [0.1, 0.15) is 29.5 Å². The third-order valence-electron chi connectivity index (χ3n) is 25.1. The Morgan fingerprint density at radius 2 is 0.822 bits per heavy atom. The SMILES string of the molecule is CC(F)(F)C(=O)O.CC(F)(F)C(=O)OC1C2CC3C1OC(=O)C3C2C(=O)OCC(=O)OC12CC3CC(CC(O)(C3)C1)C2.O=C(COC(=O)C1C2CC3C(OC(=O)C31)C2O)OC12CC3CC(CC(O)(C3)C1)C2.[B][B]B(B([B])[B])B(B(B([B])[B])B([B])[B])B(B([B])[B])B([B])[B].c1ccc([I+]c2ccccc2)cc1.c1ccc([I+]c2ccccc2)cc1. The summed E-state index contributed by atoms with van der Waals surface area (Å²) >= 11 is 0.0574. The number of ether oxygens (including phenoxy) is 7. The Balaban J connectivity index is 0.000000148. The molecule has 12 saturated carbocycles. The van der Waals surface area contributed by atoms with E-state index in [1.165, 1.54) is 21.3 Å². The third-order valence-corrected chi connectivity index (χ3v) is 30.4. The zero-order valence-corrected chi connectivity index (χ0v) is 69.7. The molecule has 0 amide bonds. The van der Waals surface area contributed by atoms with E-state index in [4.69, 9.17) is 123 Å². The molecule has 0 aromatic heterocycles. The fraction of sp³-hybridized carbons (Fsp3) is 0.556. The summed E-state index contributed by atoms with van der Waals surface area (Å²) in [6.07, 6.45) is -0.464. The molecular weight excluding hydrogens is 1730 g/mol. The van der Waals surface area contributed by atoms with Gasteiger partial charge in [0.05, 0.1) is 41.0 Å². The highest BCUT2D eigenvalue weighted by molar-refractivity contribution is 8.20. The van der Waals surface area contributed by atoms with E-state index in [0.29, 0.717) is 76.0 Å². The van der Waals surface area contributed by atoms with Crippen LogP contribution in [0.5, 0.6) is 0 Å². The number of aliphatic carboxylic acids is 1. The number of carboxylic acids is 1. The van der Waals surface area contributed by atoms with Gasteiger partial charge in [-0.2, -0.15) is 17.6 Å². The van der Waals surface area contributed by atoms with Crippen LogP contribution in [0.3, 0.4) is 0 Å². The Morgan fingerprint density at radius 3 is 1.14 bits per heavy atom. The van der Waals surface area contributed by atoms with Crippen LogP contribution in [0.4, 0.5) is 17.6 Å². The lowest BCUT2D eigenvalue weighted by Gasteiger charge is -2.59. The average molecular weight is 1800 g/mol. The number of aliphatic hydroxyl groups is 3. The van der Waals surface area contributed by atoms with Crippen molar-refractivity contribution in [3.63, 3.8) is 0 Å². The van der Waals surface area contributed by atoms with Crippen molar-refractivity contribution in [2.24, 2.45) is 71.0 Å². The summed E-state index contributed by atoms with van der Waals surface area (Å²) in [5.74, 6) is -18.6. The van der Waals surface area contributed by atoms with Gasteiger partial charge in [-0.1, -0.05) is 72.8 Å². The summed E-state index contributed by atoms with van der Waals surface area (Å²) < 4.78 is 92.6. The van der Waals surface area contributed by atoms with Gasteiger partial charge in [-0.05, 0) is 149 Å². The van der Waals surface area contributed by atoms with Gasteiger partial charge in [0.2, 0.25) is 0 Å². The number of halogens is 6. The van der Waals surface area contributed by atoms with Crippen molar-refractivity contribution in [1.82, 2.24) is 0 Å². The number of aliphatic hydroxyl groups excluding tert-OH is 1. The molecule has 4 N–H and O–H groups in total. The molecule has 16 unspecified atom stereocenters. The number of fused-ring (bicyclic) bond motifs is 2. The van der Waals surface area contributed by atoms with E-state index in [9.17, 15) is 71.2 Å². The molecule has 16 atom stereocenters. The van der Waals surface area contributed by atoms with Crippen molar-refractivity contribution in [2.45, 2.75) is 162 Å². The number of carbonyl (C=O) groups excluding carboxylic acids is 7. The van der Waals surface area contributed by atoms with Crippen LogP contribution in [0.1, 0.15) is 104 Å². The maximum Gasteiger partial charge on any atom is 0.377 e. The standard InChI is InChI=1S/C24H28F2O9.C21H26O8.2C12H10I.C3H4F2O2.B21/c1-22(25,26)21(30)34-18-12-3-13-16(20(29)33-17(13)18)15(12)19(28)32-8-14(27)35-24-6-10-2-11(7-24)5-23(31,4-10)9-24;22-13(29-21-5-9-1-10(6-21)4-20(26,3-9)8-21)7-27-18(24)14-11-2-12-15(14)19(25)28-17(12)16(11)23;2*1-3-7-11(8-4-1)13-12-9-5-2-6-10-12;1-3(4,5)2(6)7;1-12-18(13(2)3)21(19(14(4)5)15(6)7)20(16(8)9)17(10)11/h10-13,15-18,31H,2-9H2,1H3;9-12,14-17,23,26H,1-8H2;2*1-10H;1H3,(H,6,7);/q;;2*+1;;. The highest BCUT2D eigenvalue weighted by atomic mass is 127. The van der Waals surface area contributed by atoms with Crippen molar-refractivity contribution >= 4 is 197 Å². The number of carbonyl (C=O) groups is 8. The van der Waals surface area contributed by atoms with Crippen molar-refractivity contribution in [3.05, 3.63) is 136 Å². The minimum atomic E-state index is -3.73. The first-order valence-corrected chi connectivity index (χ1v) is 44.0. The molecule has 0 spiro atoms. The first-order chi connectivity index (χ1) is 55.5. The maximum atomic E-state index is 13.4. The van der Waals surface area contributed by atoms with Crippen molar-refractivity contribution < 1.29 is 152 Å². The van der Waals surface area contributed by atoms with Gasteiger partial charge in [-0.25, -0.2) is 19.2 Å². The van der Waals surface area contributed by atoms with Crippen LogP contribution in [0, 0.1) is 85.3 Å². The molecule has 23 radical (unpaired) electrons. The highest BCUT2D eigenvalue weighted by Gasteiger charge is 2.72. The van der Waals surface area contributed by atoms with E-state index >= 15 is 0 Å². The molecule has 4 aromatic rings. The Bertz CT molecular complexity index is 3960. The molecule has 4 aromatic carbocycles. The molecule has 2 saturated heterocycles. The van der Waals surface area contributed by atoms with Crippen LogP contribution in [0.25, 0.3) is 0 Å². The van der Waals surface area contributed by atoms with Crippen LogP contribution in [-0.4, -0.2) is 290 Å². The number of esters is 7. The molecule has 18 rings (SSSR count). The number of hydrogen-bond donors (Lipinski definition) is 4. The fourth-order valence-corrected chi connectivity index (χ4v) is 26.1. The molecular formula is C72H78B21F4I2O19+2. The van der Waals surface area contributed by atoms with E-state index in [-0.39, 0.29) is 54.2 Å². The van der Waals surface area contributed by atoms with Crippen molar-refractivity contribution in [2.75, 3.05) is 13.2 Å². The van der Waals surface area contributed by atoms with Crippen molar-refractivity contribution in [1.29, 1.82) is 0 Å². The van der Waals surface area contributed by atoms with Crippen LogP contribution >= 0.6 is 0 Å². The Labute approximate surface area is 725 Å². The van der Waals surface area contributed by atoms with Crippen LogP contribution in [0.15, 0.2) is 121 Å². The predicted molar refractivity (Wildman–Crippen MR) is 442 cm³/mol. The minimum absolute atomic E-state index is 0.0287. The summed E-state index contributed by atoms with van der Waals surface area (Å²) in [4.78, 5) is 96.2. The topological polar surface area (TPSA) is 282 Å². The minimum Gasteiger partial charge on any atom is -0.477 e. The van der Waals surface area contributed by atoms with Crippen LogP contribution < -0.4 is 42.4 Å². The van der Waals surface area contributed by atoms with Crippen LogP contribution in [0.2, 0.25) is 0 Å². The molecule has 19 nitrogen and oxygen atoms in total. The lowest BCUT2D eigenvalue weighted by Crippen LogP contribution is -3.61. The van der Waals surface area contributed by atoms with Gasteiger partial charge in [0, 0.05) is 200 Å². The second kappa shape index (κ2) is 39.1.